The van der Waals surface area contributed by atoms with Gasteiger partial charge < -0.3 is 24.8 Å². The lowest BCUT2D eigenvalue weighted by Gasteiger charge is -2.14. The van der Waals surface area contributed by atoms with E-state index in [1.807, 2.05) is 0 Å². The Morgan fingerprint density at radius 2 is 1.96 bits per heavy atom. The SMILES string of the molecule is CCOC(=O)c1sc(NC(=S)NCC2CCCO2)c(C(=O)OCC)c1C. The van der Waals surface area contributed by atoms with Gasteiger partial charge in [0.05, 0.1) is 24.9 Å². The number of nitrogens with one attached hydrogen (secondary N) is 2. The Labute approximate surface area is 162 Å². The second kappa shape index (κ2) is 9.84. The fourth-order valence-electron chi connectivity index (χ4n) is 2.60. The van der Waals surface area contributed by atoms with E-state index in [1.165, 1.54) is 0 Å². The van der Waals surface area contributed by atoms with Crippen molar-refractivity contribution in [1.29, 1.82) is 0 Å². The lowest BCUT2D eigenvalue weighted by Crippen LogP contribution is -2.35. The Balaban J connectivity index is 2.15. The highest BCUT2D eigenvalue weighted by molar-refractivity contribution is 7.80. The summed E-state index contributed by atoms with van der Waals surface area (Å²) in [5, 5.41) is 6.92. The molecule has 2 rings (SSSR count). The molecular weight excluding hydrogens is 376 g/mol. The standard InChI is InChI=1S/C17H24N2O5S2/c1-4-22-15(20)12-10(3)13(16(21)23-5-2)26-14(12)19-17(25)18-9-11-7-6-8-24-11/h11H,4-9H2,1-3H3,(H2,18,19,25). The average molecular weight is 401 g/mol. The summed E-state index contributed by atoms with van der Waals surface area (Å²) >= 11 is 6.44. The van der Waals surface area contributed by atoms with E-state index in [0.29, 0.717) is 32.7 Å². The molecule has 1 aliphatic heterocycles. The van der Waals surface area contributed by atoms with Gasteiger partial charge in [-0.15, -0.1) is 11.3 Å². The number of esters is 2. The summed E-state index contributed by atoms with van der Waals surface area (Å²) in [5.74, 6) is -0.965. The van der Waals surface area contributed by atoms with Crippen LogP contribution >= 0.6 is 23.6 Å². The van der Waals surface area contributed by atoms with Gasteiger partial charge >= 0.3 is 11.9 Å². The molecule has 26 heavy (non-hydrogen) atoms. The second-order valence-electron chi connectivity index (χ2n) is 5.67. The first-order valence-electron chi connectivity index (χ1n) is 8.61. The minimum Gasteiger partial charge on any atom is -0.462 e. The van der Waals surface area contributed by atoms with Crippen LogP contribution in [-0.2, 0) is 14.2 Å². The number of carbonyl (C=O) groups excluding carboxylic acids is 2. The summed E-state index contributed by atoms with van der Waals surface area (Å²) in [5.41, 5.74) is 0.831. The molecule has 1 saturated heterocycles. The van der Waals surface area contributed by atoms with E-state index in [4.69, 9.17) is 26.4 Å². The number of carbonyl (C=O) groups is 2. The largest absolute Gasteiger partial charge is 0.462 e. The molecule has 0 radical (unpaired) electrons. The quantitative estimate of drug-likeness (QED) is 0.534. The molecule has 1 unspecified atom stereocenters. The fraction of sp³-hybridized carbons (Fsp3) is 0.588. The van der Waals surface area contributed by atoms with Gasteiger partial charge in [0.25, 0.3) is 0 Å². The lowest BCUT2D eigenvalue weighted by molar-refractivity contribution is 0.0527. The van der Waals surface area contributed by atoms with Crippen molar-refractivity contribution in [1.82, 2.24) is 5.32 Å². The van der Waals surface area contributed by atoms with Crippen LogP contribution in [0.3, 0.4) is 0 Å². The molecule has 9 heteroatoms. The highest BCUT2D eigenvalue weighted by atomic mass is 32.1. The molecule has 0 bridgehead atoms. The molecule has 1 aliphatic rings. The van der Waals surface area contributed by atoms with Crippen LogP contribution in [0.2, 0.25) is 0 Å². The van der Waals surface area contributed by atoms with E-state index in [9.17, 15) is 9.59 Å². The van der Waals surface area contributed by atoms with Crippen LogP contribution in [0.5, 0.6) is 0 Å². The molecular formula is C17H24N2O5S2. The second-order valence-corrected chi connectivity index (χ2v) is 7.10. The number of hydrogen-bond acceptors (Lipinski definition) is 7. The summed E-state index contributed by atoms with van der Waals surface area (Å²) in [6.07, 6.45) is 2.18. The van der Waals surface area contributed by atoms with Crippen LogP contribution < -0.4 is 10.6 Å². The van der Waals surface area contributed by atoms with Crippen molar-refractivity contribution in [2.45, 2.75) is 39.7 Å². The van der Waals surface area contributed by atoms with E-state index >= 15 is 0 Å². The Morgan fingerprint density at radius 1 is 1.27 bits per heavy atom. The molecule has 0 amide bonds. The first kappa shape index (κ1) is 20.6. The summed E-state index contributed by atoms with van der Waals surface area (Å²) < 4.78 is 15.7. The van der Waals surface area contributed by atoms with E-state index in [2.05, 4.69) is 10.6 Å². The lowest BCUT2D eigenvalue weighted by atomic mass is 10.1. The van der Waals surface area contributed by atoms with Gasteiger partial charge in [-0.3, -0.25) is 0 Å². The Morgan fingerprint density at radius 3 is 2.58 bits per heavy atom. The average Bonchev–Trinajstić information content (AvgIpc) is 3.21. The monoisotopic (exact) mass is 400 g/mol. The normalized spacial score (nSPS) is 16.2. The van der Waals surface area contributed by atoms with E-state index in [1.54, 1.807) is 20.8 Å². The third kappa shape index (κ3) is 5.15. The van der Waals surface area contributed by atoms with E-state index in [-0.39, 0.29) is 19.3 Å². The summed E-state index contributed by atoms with van der Waals surface area (Å²) in [7, 11) is 0. The summed E-state index contributed by atoms with van der Waals surface area (Å²) in [4.78, 5) is 24.8. The number of hydrogen-bond donors (Lipinski definition) is 2. The maximum atomic E-state index is 12.3. The predicted octanol–water partition coefficient (Wildman–Crippen LogP) is 2.88. The Hall–Kier alpha value is -1.71. The third-order valence-electron chi connectivity index (χ3n) is 3.83. The molecule has 1 aromatic heterocycles. The van der Waals surface area contributed by atoms with Crippen molar-refractivity contribution < 1.29 is 23.8 Å². The van der Waals surface area contributed by atoms with Gasteiger partial charge in [0.15, 0.2) is 5.11 Å². The zero-order valence-electron chi connectivity index (χ0n) is 15.2. The van der Waals surface area contributed by atoms with Crippen molar-refractivity contribution in [2.75, 3.05) is 31.7 Å². The maximum Gasteiger partial charge on any atom is 0.348 e. The van der Waals surface area contributed by atoms with Crippen LogP contribution in [0, 0.1) is 6.92 Å². The van der Waals surface area contributed by atoms with Crippen LogP contribution in [0.15, 0.2) is 0 Å². The molecule has 1 aromatic rings. The van der Waals surface area contributed by atoms with Crippen molar-refractivity contribution in [3.63, 3.8) is 0 Å². The first-order chi connectivity index (χ1) is 12.5. The Bertz CT molecular complexity index is 668. The molecule has 0 aliphatic carbocycles. The summed E-state index contributed by atoms with van der Waals surface area (Å²) in [6, 6.07) is 0. The van der Waals surface area contributed by atoms with Crippen molar-refractivity contribution in [2.24, 2.45) is 0 Å². The van der Waals surface area contributed by atoms with E-state index in [0.717, 1.165) is 30.8 Å². The highest BCUT2D eigenvalue weighted by Gasteiger charge is 2.27. The number of rotatable bonds is 7. The molecule has 7 nitrogen and oxygen atoms in total. The number of thiocarbonyl (C=S) groups is 1. The molecule has 2 heterocycles. The predicted molar refractivity (Wildman–Crippen MR) is 104 cm³/mol. The minimum absolute atomic E-state index is 0.138. The number of thiophene rings is 1. The van der Waals surface area contributed by atoms with Gasteiger partial charge in [-0.05, 0) is 51.4 Å². The van der Waals surface area contributed by atoms with Crippen LogP contribution in [0.1, 0.15) is 52.3 Å². The van der Waals surface area contributed by atoms with Gasteiger partial charge in [0.1, 0.15) is 9.88 Å². The zero-order valence-corrected chi connectivity index (χ0v) is 16.8. The zero-order chi connectivity index (χ0) is 19.1. The van der Waals surface area contributed by atoms with Gasteiger partial charge in [0, 0.05) is 13.2 Å². The Kier molecular flexibility index (Phi) is 7.80. The topological polar surface area (TPSA) is 85.9 Å². The van der Waals surface area contributed by atoms with Gasteiger partial charge in [-0.1, -0.05) is 0 Å². The van der Waals surface area contributed by atoms with Crippen molar-refractivity contribution in [3.05, 3.63) is 16.0 Å². The van der Waals surface area contributed by atoms with Crippen LogP contribution in [-0.4, -0.2) is 49.5 Å². The summed E-state index contributed by atoms with van der Waals surface area (Å²) in [6.45, 7) is 7.02. The van der Waals surface area contributed by atoms with Gasteiger partial charge in [0.2, 0.25) is 0 Å². The molecule has 0 spiro atoms. The molecule has 144 valence electrons. The maximum absolute atomic E-state index is 12.3. The first-order valence-corrected chi connectivity index (χ1v) is 9.84. The molecule has 2 N–H and O–H groups in total. The molecule has 0 saturated carbocycles. The van der Waals surface area contributed by atoms with Gasteiger partial charge in [-0.25, -0.2) is 9.59 Å². The highest BCUT2D eigenvalue weighted by Crippen LogP contribution is 2.34. The van der Waals surface area contributed by atoms with E-state index < -0.39 is 11.9 Å². The smallest absolute Gasteiger partial charge is 0.348 e. The fourth-order valence-corrected chi connectivity index (χ4v) is 3.94. The number of anilines is 1. The minimum atomic E-state index is -0.499. The van der Waals surface area contributed by atoms with Crippen LogP contribution in [0.25, 0.3) is 0 Å². The molecule has 1 atom stereocenters. The van der Waals surface area contributed by atoms with Crippen molar-refractivity contribution >= 4 is 45.6 Å². The molecule has 0 aromatic carbocycles. The van der Waals surface area contributed by atoms with Gasteiger partial charge in [-0.2, -0.15) is 0 Å². The molecule has 1 fully saturated rings. The third-order valence-corrected chi connectivity index (χ3v) is 5.26. The van der Waals surface area contributed by atoms with Crippen molar-refractivity contribution in [3.8, 4) is 0 Å². The number of ether oxygens (including phenoxy) is 3. The van der Waals surface area contributed by atoms with Crippen LogP contribution in [0.4, 0.5) is 5.00 Å².